The average molecular weight is 275 g/mol. The minimum atomic E-state index is -0.0283. The predicted molar refractivity (Wildman–Crippen MR) is 83.1 cm³/mol. The lowest BCUT2D eigenvalue weighted by Crippen LogP contribution is -2.26. The highest BCUT2D eigenvalue weighted by Crippen LogP contribution is 2.25. The van der Waals surface area contributed by atoms with Crippen molar-refractivity contribution in [3.05, 3.63) is 11.4 Å². The van der Waals surface area contributed by atoms with Gasteiger partial charge in [0.1, 0.15) is 17.5 Å². The predicted octanol–water partition coefficient (Wildman–Crippen LogP) is 2.94. The first-order valence-electron chi connectivity index (χ1n) is 7.13. The molecule has 20 heavy (non-hydrogen) atoms. The topological polar surface area (TPSA) is 64.8 Å². The van der Waals surface area contributed by atoms with Crippen molar-refractivity contribution in [3.63, 3.8) is 0 Å². The molecule has 1 heterocycles. The van der Waals surface area contributed by atoms with Crippen LogP contribution in [-0.4, -0.2) is 30.1 Å². The molecule has 0 aliphatic rings. The number of nitrogens with zero attached hydrogens (tertiary/aromatic N) is 4. The molecule has 1 atom stereocenters. The lowest BCUT2D eigenvalue weighted by Gasteiger charge is -2.24. The fraction of sp³-hybridized carbons (Fsp3) is 0.667. The molecule has 0 aliphatic heterocycles. The van der Waals surface area contributed by atoms with Crippen LogP contribution in [0, 0.1) is 24.2 Å². The Bertz CT molecular complexity index is 490. The maximum absolute atomic E-state index is 8.96. The van der Waals surface area contributed by atoms with E-state index in [1.54, 1.807) is 0 Å². The summed E-state index contributed by atoms with van der Waals surface area (Å²) in [5, 5.41) is 12.3. The van der Waals surface area contributed by atoms with Crippen LogP contribution in [0.5, 0.6) is 0 Å². The van der Waals surface area contributed by atoms with Crippen LogP contribution in [0.1, 0.15) is 45.0 Å². The average Bonchev–Trinajstić information content (AvgIpc) is 2.40. The van der Waals surface area contributed by atoms with Crippen LogP contribution < -0.4 is 10.2 Å². The first-order valence-corrected chi connectivity index (χ1v) is 7.13. The van der Waals surface area contributed by atoms with Gasteiger partial charge in [0.2, 0.25) is 0 Å². The molecule has 1 rings (SSSR count). The van der Waals surface area contributed by atoms with E-state index in [1.165, 1.54) is 0 Å². The van der Waals surface area contributed by atoms with Gasteiger partial charge in [-0.2, -0.15) is 5.26 Å². The normalized spacial score (nSPS) is 12.1. The van der Waals surface area contributed by atoms with Gasteiger partial charge >= 0.3 is 0 Å². The highest BCUT2D eigenvalue weighted by atomic mass is 15.2. The number of nitrogens with one attached hydrogen (secondary N) is 1. The summed E-state index contributed by atoms with van der Waals surface area (Å²) in [6, 6.07) is 2.26. The van der Waals surface area contributed by atoms with E-state index in [1.807, 2.05) is 25.8 Å². The third kappa shape index (κ3) is 3.83. The second-order valence-electron chi connectivity index (χ2n) is 5.47. The molecular weight excluding hydrogens is 250 g/mol. The Kier molecular flexibility index (Phi) is 5.75. The lowest BCUT2D eigenvalue weighted by molar-refractivity contribution is 0.697. The van der Waals surface area contributed by atoms with E-state index >= 15 is 0 Å². The zero-order valence-electron chi connectivity index (χ0n) is 13.4. The molecular formula is C15H25N5. The summed E-state index contributed by atoms with van der Waals surface area (Å²) >= 11 is 0. The Balaban J connectivity index is 3.19. The number of anilines is 2. The Labute approximate surface area is 122 Å². The van der Waals surface area contributed by atoms with Gasteiger partial charge in [0.15, 0.2) is 0 Å². The molecule has 1 aromatic heterocycles. The van der Waals surface area contributed by atoms with Gasteiger partial charge < -0.3 is 10.2 Å². The number of hydrogen-bond donors (Lipinski definition) is 1. The first kappa shape index (κ1) is 16.2. The third-order valence-electron chi connectivity index (χ3n) is 3.13. The van der Waals surface area contributed by atoms with Crippen LogP contribution in [0.2, 0.25) is 0 Å². The molecule has 1 unspecified atom stereocenters. The van der Waals surface area contributed by atoms with Crippen molar-refractivity contribution in [2.75, 3.05) is 30.4 Å². The first-order chi connectivity index (χ1) is 9.40. The summed E-state index contributed by atoms with van der Waals surface area (Å²) < 4.78 is 0. The molecule has 110 valence electrons. The monoisotopic (exact) mass is 275 g/mol. The summed E-state index contributed by atoms with van der Waals surface area (Å²) in [6.07, 6.45) is 0. The SMILES string of the molecule is CCNc1nc(C(C)C)nc(N(C)CC(C)C#N)c1C. The molecule has 0 fully saturated rings. The summed E-state index contributed by atoms with van der Waals surface area (Å²) in [5.74, 6) is 2.87. The van der Waals surface area contributed by atoms with E-state index in [2.05, 4.69) is 42.1 Å². The van der Waals surface area contributed by atoms with Crippen molar-refractivity contribution < 1.29 is 0 Å². The zero-order valence-corrected chi connectivity index (χ0v) is 13.4. The summed E-state index contributed by atoms with van der Waals surface area (Å²) in [6.45, 7) is 11.7. The van der Waals surface area contributed by atoms with Crippen LogP contribution in [0.4, 0.5) is 11.6 Å². The van der Waals surface area contributed by atoms with Gasteiger partial charge in [-0.25, -0.2) is 9.97 Å². The van der Waals surface area contributed by atoms with Gasteiger partial charge in [-0.15, -0.1) is 0 Å². The minimum absolute atomic E-state index is 0.0283. The third-order valence-corrected chi connectivity index (χ3v) is 3.13. The molecule has 0 amide bonds. The maximum Gasteiger partial charge on any atom is 0.137 e. The van der Waals surface area contributed by atoms with Crippen molar-refractivity contribution in [1.29, 1.82) is 5.26 Å². The van der Waals surface area contributed by atoms with E-state index in [0.29, 0.717) is 6.54 Å². The van der Waals surface area contributed by atoms with Crippen LogP contribution in [0.25, 0.3) is 0 Å². The molecule has 0 bridgehead atoms. The van der Waals surface area contributed by atoms with Crippen LogP contribution >= 0.6 is 0 Å². The molecule has 0 saturated carbocycles. The van der Waals surface area contributed by atoms with Crippen molar-refractivity contribution in [2.45, 2.75) is 40.5 Å². The van der Waals surface area contributed by atoms with Gasteiger partial charge in [0.25, 0.3) is 0 Å². The van der Waals surface area contributed by atoms with Crippen molar-refractivity contribution in [3.8, 4) is 6.07 Å². The van der Waals surface area contributed by atoms with Crippen LogP contribution in [-0.2, 0) is 0 Å². The summed E-state index contributed by atoms with van der Waals surface area (Å²) in [7, 11) is 1.98. The van der Waals surface area contributed by atoms with Crippen molar-refractivity contribution in [2.24, 2.45) is 5.92 Å². The van der Waals surface area contributed by atoms with E-state index in [-0.39, 0.29) is 11.8 Å². The Hall–Kier alpha value is -1.83. The van der Waals surface area contributed by atoms with Gasteiger partial charge in [-0.3, -0.25) is 0 Å². The summed E-state index contributed by atoms with van der Waals surface area (Å²) in [5.41, 5.74) is 1.03. The molecule has 0 aliphatic carbocycles. The van der Waals surface area contributed by atoms with Crippen molar-refractivity contribution >= 4 is 11.6 Å². The Morgan fingerprint density at radius 1 is 1.30 bits per heavy atom. The van der Waals surface area contributed by atoms with Gasteiger partial charge in [0, 0.05) is 31.6 Å². The Morgan fingerprint density at radius 3 is 2.45 bits per heavy atom. The second kappa shape index (κ2) is 7.09. The van der Waals surface area contributed by atoms with Crippen LogP contribution in [0.3, 0.4) is 0 Å². The van der Waals surface area contributed by atoms with Gasteiger partial charge in [-0.1, -0.05) is 13.8 Å². The fourth-order valence-electron chi connectivity index (χ4n) is 2.03. The molecule has 0 radical (unpaired) electrons. The minimum Gasteiger partial charge on any atom is -0.370 e. The van der Waals surface area contributed by atoms with E-state index in [4.69, 9.17) is 5.26 Å². The molecule has 0 aromatic carbocycles. The summed E-state index contributed by atoms with van der Waals surface area (Å²) in [4.78, 5) is 11.3. The maximum atomic E-state index is 8.96. The van der Waals surface area contributed by atoms with Gasteiger partial charge in [0.05, 0.1) is 12.0 Å². The largest absolute Gasteiger partial charge is 0.370 e. The van der Waals surface area contributed by atoms with Gasteiger partial charge in [-0.05, 0) is 20.8 Å². The lowest BCUT2D eigenvalue weighted by atomic mass is 10.1. The van der Waals surface area contributed by atoms with E-state index < -0.39 is 0 Å². The fourth-order valence-corrected chi connectivity index (χ4v) is 2.03. The zero-order chi connectivity index (χ0) is 15.3. The Morgan fingerprint density at radius 2 is 1.95 bits per heavy atom. The van der Waals surface area contributed by atoms with E-state index in [0.717, 1.165) is 29.6 Å². The second-order valence-corrected chi connectivity index (χ2v) is 5.47. The molecule has 5 heteroatoms. The molecule has 1 aromatic rings. The number of aromatic nitrogens is 2. The molecule has 0 saturated heterocycles. The molecule has 1 N–H and O–H groups in total. The standard InChI is InChI=1S/C15H25N5/c1-7-17-14-12(5)15(19-13(18-14)10(2)3)20(6)9-11(4)8-16/h10-11H,7,9H2,1-6H3,(H,17,18,19). The highest BCUT2D eigenvalue weighted by Gasteiger charge is 2.17. The van der Waals surface area contributed by atoms with Crippen molar-refractivity contribution in [1.82, 2.24) is 9.97 Å². The smallest absolute Gasteiger partial charge is 0.137 e. The number of nitriles is 1. The molecule has 0 spiro atoms. The molecule has 5 nitrogen and oxygen atoms in total. The van der Waals surface area contributed by atoms with E-state index in [9.17, 15) is 0 Å². The highest BCUT2D eigenvalue weighted by molar-refractivity contribution is 5.58. The quantitative estimate of drug-likeness (QED) is 0.864. The van der Waals surface area contributed by atoms with Crippen LogP contribution in [0.15, 0.2) is 0 Å². The number of rotatable bonds is 6. The number of hydrogen-bond acceptors (Lipinski definition) is 5.